The lowest BCUT2D eigenvalue weighted by atomic mass is 9.95. The second-order valence-electron chi connectivity index (χ2n) is 6.32. The van der Waals surface area contributed by atoms with Gasteiger partial charge in [0.1, 0.15) is 18.4 Å². The van der Waals surface area contributed by atoms with Crippen molar-refractivity contribution in [3.05, 3.63) is 71.8 Å². The Kier molecular flexibility index (Phi) is 4.95. The van der Waals surface area contributed by atoms with E-state index in [0.717, 1.165) is 12.1 Å². The van der Waals surface area contributed by atoms with Crippen molar-refractivity contribution in [1.82, 2.24) is 14.8 Å². The summed E-state index contributed by atoms with van der Waals surface area (Å²) in [5.41, 5.74) is -1.70. The average molecular weight is 391 g/mol. The van der Waals surface area contributed by atoms with Crippen molar-refractivity contribution in [2.24, 2.45) is 0 Å². The Balaban J connectivity index is 1.76. The predicted molar refractivity (Wildman–Crippen MR) is 93.1 cm³/mol. The van der Waals surface area contributed by atoms with Crippen molar-refractivity contribution >= 4 is 5.97 Å². The third-order valence-corrected chi connectivity index (χ3v) is 4.29. The van der Waals surface area contributed by atoms with Gasteiger partial charge in [0.15, 0.2) is 5.60 Å². The Morgan fingerprint density at radius 3 is 2.36 bits per heavy atom. The number of nitrogens with zero attached hydrogens (tertiary/aromatic N) is 3. The van der Waals surface area contributed by atoms with Crippen LogP contribution >= 0.6 is 0 Å². The Bertz CT molecular complexity index is 982. The number of aryl methyl sites for hydroxylation is 1. The maximum Gasteiger partial charge on any atom is 0.421 e. The highest BCUT2D eigenvalue weighted by atomic mass is 19.4. The first-order valence-corrected chi connectivity index (χ1v) is 8.17. The number of aliphatic hydroxyl groups is 1. The molecule has 0 radical (unpaired) electrons. The molecule has 3 aromatic rings. The molecule has 1 N–H and O–H groups in total. The van der Waals surface area contributed by atoms with Crippen molar-refractivity contribution in [3.8, 4) is 11.4 Å². The molecule has 0 spiro atoms. The van der Waals surface area contributed by atoms with E-state index in [-0.39, 0.29) is 11.3 Å². The highest BCUT2D eigenvalue weighted by Gasteiger charge is 2.51. The first-order valence-electron chi connectivity index (χ1n) is 8.17. The molecule has 146 valence electrons. The van der Waals surface area contributed by atoms with Crippen LogP contribution in [0.15, 0.2) is 55.1 Å². The van der Waals surface area contributed by atoms with Gasteiger partial charge in [-0.05, 0) is 55.3 Å². The standard InChI is InChI=1S/C19H16F3N3O3/c1-12-9-14(25-11-23-10-24-25)5-8-16(12)17(26)28-15-6-3-13(4-7-15)18(2,27)19(20,21)22/h3-11,27H,1-2H3. The van der Waals surface area contributed by atoms with E-state index in [4.69, 9.17) is 4.74 Å². The van der Waals surface area contributed by atoms with E-state index in [1.165, 1.54) is 29.5 Å². The molecule has 0 aliphatic heterocycles. The smallest absolute Gasteiger partial charge is 0.421 e. The Labute approximate surface area is 158 Å². The normalized spacial score (nSPS) is 13.8. The van der Waals surface area contributed by atoms with Gasteiger partial charge in [0.25, 0.3) is 0 Å². The average Bonchev–Trinajstić information content (AvgIpc) is 3.15. The van der Waals surface area contributed by atoms with Crippen molar-refractivity contribution < 1.29 is 27.8 Å². The highest BCUT2D eigenvalue weighted by molar-refractivity contribution is 5.92. The Morgan fingerprint density at radius 2 is 1.82 bits per heavy atom. The van der Waals surface area contributed by atoms with Gasteiger partial charge in [-0.2, -0.15) is 18.3 Å². The minimum absolute atomic E-state index is 0.0616. The summed E-state index contributed by atoms with van der Waals surface area (Å²) in [5.74, 6) is -0.593. The van der Waals surface area contributed by atoms with Gasteiger partial charge in [-0.25, -0.2) is 14.5 Å². The molecule has 3 rings (SSSR count). The summed E-state index contributed by atoms with van der Waals surface area (Å²) in [6.45, 7) is 2.38. The van der Waals surface area contributed by atoms with E-state index < -0.39 is 17.7 Å². The van der Waals surface area contributed by atoms with Gasteiger partial charge in [0, 0.05) is 0 Å². The van der Waals surface area contributed by atoms with Gasteiger partial charge in [-0.3, -0.25) is 0 Å². The molecule has 1 heterocycles. The molecule has 0 fully saturated rings. The molecular weight excluding hydrogens is 375 g/mol. The molecular formula is C19H16F3N3O3. The molecule has 6 nitrogen and oxygen atoms in total. The molecule has 0 aliphatic carbocycles. The number of rotatable bonds is 4. The van der Waals surface area contributed by atoms with Crippen LogP contribution in [0.2, 0.25) is 0 Å². The molecule has 1 atom stereocenters. The number of halogens is 3. The summed E-state index contributed by atoms with van der Waals surface area (Å²) < 4.78 is 45.4. The molecule has 28 heavy (non-hydrogen) atoms. The zero-order chi connectivity index (χ0) is 20.5. The molecule has 1 unspecified atom stereocenters. The van der Waals surface area contributed by atoms with Crippen LogP contribution < -0.4 is 4.74 Å². The van der Waals surface area contributed by atoms with Crippen molar-refractivity contribution in [3.63, 3.8) is 0 Å². The first-order chi connectivity index (χ1) is 13.1. The lowest BCUT2D eigenvalue weighted by molar-refractivity contribution is -0.258. The maximum atomic E-state index is 12.9. The van der Waals surface area contributed by atoms with Crippen LogP contribution in [0, 0.1) is 6.92 Å². The van der Waals surface area contributed by atoms with Crippen molar-refractivity contribution in [2.75, 3.05) is 0 Å². The van der Waals surface area contributed by atoms with Gasteiger partial charge < -0.3 is 9.84 Å². The number of hydrogen-bond donors (Lipinski definition) is 1. The summed E-state index contributed by atoms with van der Waals surface area (Å²) in [7, 11) is 0. The van der Waals surface area contributed by atoms with E-state index in [1.807, 2.05) is 0 Å². The largest absolute Gasteiger partial charge is 0.423 e. The van der Waals surface area contributed by atoms with Crippen LogP contribution in [0.4, 0.5) is 13.2 Å². The van der Waals surface area contributed by atoms with E-state index in [1.54, 1.807) is 25.1 Å². The first kappa shape index (κ1) is 19.6. The zero-order valence-corrected chi connectivity index (χ0v) is 14.9. The summed E-state index contributed by atoms with van der Waals surface area (Å²) >= 11 is 0. The number of benzene rings is 2. The number of alkyl halides is 3. The fourth-order valence-corrected chi connectivity index (χ4v) is 2.53. The number of ether oxygens (including phenoxy) is 1. The van der Waals surface area contributed by atoms with Crippen LogP contribution in [0.25, 0.3) is 5.69 Å². The lowest BCUT2D eigenvalue weighted by Crippen LogP contribution is -2.39. The van der Waals surface area contributed by atoms with E-state index >= 15 is 0 Å². The van der Waals surface area contributed by atoms with Gasteiger partial charge in [-0.15, -0.1) is 0 Å². The molecule has 9 heteroatoms. The molecule has 0 bridgehead atoms. The third kappa shape index (κ3) is 3.74. The second-order valence-corrected chi connectivity index (χ2v) is 6.32. The van der Waals surface area contributed by atoms with E-state index in [0.29, 0.717) is 23.7 Å². The number of carbonyl (C=O) groups excluding carboxylic acids is 1. The van der Waals surface area contributed by atoms with Crippen LogP contribution in [0.5, 0.6) is 5.75 Å². The number of esters is 1. The molecule has 0 amide bonds. The van der Waals surface area contributed by atoms with Crippen LogP contribution in [0.1, 0.15) is 28.4 Å². The Hall–Kier alpha value is -3.20. The second kappa shape index (κ2) is 7.08. The lowest BCUT2D eigenvalue weighted by Gasteiger charge is -2.26. The number of aromatic nitrogens is 3. The van der Waals surface area contributed by atoms with Gasteiger partial charge in [0.05, 0.1) is 11.3 Å². The van der Waals surface area contributed by atoms with Crippen molar-refractivity contribution in [2.45, 2.75) is 25.6 Å². The molecule has 0 saturated heterocycles. The zero-order valence-electron chi connectivity index (χ0n) is 14.9. The fourth-order valence-electron chi connectivity index (χ4n) is 2.53. The van der Waals surface area contributed by atoms with Gasteiger partial charge in [0.2, 0.25) is 0 Å². The fraction of sp³-hybridized carbons (Fsp3) is 0.211. The SMILES string of the molecule is Cc1cc(-n2cncn2)ccc1C(=O)Oc1ccc(C(C)(O)C(F)(F)F)cc1. The van der Waals surface area contributed by atoms with Crippen LogP contribution in [0.3, 0.4) is 0 Å². The minimum Gasteiger partial charge on any atom is -0.423 e. The minimum atomic E-state index is -4.83. The van der Waals surface area contributed by atoms with Gasteiger partial charge in [-0.1, -0.05) is 12.1 Å². The topological polar surface area (TPSA) is 77.2 Å². The summed E-state index contributed by atoms with van der Waals surface area (Å²) in [5, 5.41) is 13.7. The summed E-state index contributed by atoms with van der Waals surface area (Å²) in [6, 6.07) is 9.50. The van der Waals surface area contributed by atoms with Gasteiger partial charge >= 0.3 is 12.1 Å². The molecule has 2 aromatic carbocycles. The predicted octanol–water partition coefficient (Wildman–Crippen LogP) is 3.56. The van der Waals surface area contributed by atoms with E-state index in [2.05, 4.69) is 10.1 Å². The summed E-state index contributed by atoms with van der Waals surface area (Å²) in [6.07, 6.45) is -1.92. The molecule has 0 saturated carbocycles. The van der Waals surface area contributed by atoms with Crippen LogP contribution in [-0.4, -0.2) is 32.0 Å². The quantitative estimate of drug-likeness (QED) is 0.544. The van der Waals surface area contributed by atoms with E-state index in [9.17, 15) is 23.1 Å². The van der Waals surface area contributed by atoms with Crippen LogP contribution in [-0.2, 0) is 5.60 Å². The Morgan fingerprint density at radius 1 is 1.14 bits per heavy atom. The van der Waals surface area contributed by atoms with Crippen molar-refractivity contribution in [1.29, 1.82) is 0 Å². The number of carbonyl (C=O) groups is 1. The summed E-state index contributed by atoms with van der Waals surface area (Å²) in [4.78, 5) is 16.2. The highest BCUT2D eigenvalue weighted by Crippen LogP contribution is 2.38. The molecule has 0 aliphatic rings. The molecule has 1 aromatic heterocycles. The third-order valence-electron chi connectivity index (χ3n) is 4.29. The maximum absolute atomic E-state index is 12.9. The number of hydrogen-bond acceptors (Lipinski definition) is 5. The monoisotopic (exact) mass is 391 g/mol.